The molecule has 35 heavy (non-hydrogen) atoms. The van der Waals surface area contributed by atoms with Crippen molar-refractivity contribution in [1.82, 2.24) is 0 Å². The second-order valence-electron chi connectivity index (χ2n) is 8.34. The molecular weight excluding hydrogens is 487 g/mol. The van der Waals surface area contributed by atoms with Crippen molar-refractivity contribution >= 4 is 34.8 Å². The van der Waals surface area contributed by atoms with E-state index in [4.69, 9.17) is 43.1 Å². The number of hydrogen-bond donors (Lipinski definition) is 1. The number of carbonyl (C=O) groups excluding carboxylic acids is 1. The lowest BCUT2D eigenvalue weighted by atomic mass is 9.97. The van der Waals surface area contributed by atoms with Crippen LogP contribution in [-0.4, -0.2) is 38.8 Å². The predicted molar refractivity (Wildman–Crippen MR) is 139 cm³/mol. The minimum Gasteiger partial charge on any atom is -0.490 e. The van der Waals surface area contributed by atoms with Crippen molar-refractivity contribution in [3.05, 3.63) is 81.8 Å². The Labute approximate surface area is 215 Å². The maximum absolute atomic E-state index is 13.3. The molecule has 8 heteroatoms. The number of anilines is 1. The van der Waals surface area contributed by atoms with Crippen molar-refractivity contribution in [2.45, 2.75) is 13.3 Å². The van der Waals surface area contributed by atoms with E-state index in [0.717, 1.165) is 22.6 Å². The Kier molecular flexibility index (Phi) is 8.39. The molecule has 1 atom stereocenters. The van der Waals surface area contributed by atoms with E-state index in [-0.39, 0.29) is 18.4 Å². The molecule has 0 spiro atoms. The minimum absolute atomic E-state index is 0.00847. The van der Waals surface area contributed by atoms with Crippen LogP contribution in [0.5, 0.6) is 17.2 Å². The van der Waals surface area contributed by atoms with Crippen LogP contribution in [0.3, 0.4) is 0 Å². The maximum atomic E-state index is 13.3. The summed E-state index contributed by atoms with van der Waals surface area (Å²) in [5.41, 5.74) is 8.77. The smallest absolute Gasteiger partial charge is 0.231 e. The average Bonchev–Trinajstić information content (AvgIpc) is 2.86. The molecule has 4 rings (SSSR count). The molecule has 184 valence electrons. The average molecular weight is 515 g/mol. The van der Waals surface area contributed by atoms with Crippen molar-refractivity contribution < 1.29 is 19.0 Å². The Bertz CT molecular complexity index is 1150. The van der Waals surface area contributed by atoms with Gasteiger partial charge in [0.15, 0.2) is 5.75 Å². The van der Waals surface area contributed by atoms with Crippen LogP contribution in [-0.2, 0) is 11.2 Å². The first-order valence-electron chi connectivity index (χ1n) is 11.5. The Morgan fingerprint density at radius 1 is 1.06 bits per heavy atom. The highest BCUT2D eigenvalue weighted by Crippen LogP contribution is 2.34. The van der Waals surface area contributed by atoms with E-state index < -0.39 is 0 Å². The summed E-state index contributed by atoms with van der Waals surface area (Å²) in [6.45, 7) is 3.80. The number of aryl methyl sites for hydroxylation is 1. The van der Waals surface area contributed by atoms with E-state index in [1.807, 2.05) is 55.5 Å². The fourth-order valence-electron chi connectivity index (χ4n) is 4.02. The fraction of sp³-hybridized carbons (Fsp3) is 0.296. The summed E-state index contributed by atoms with van der Waals surface area (Å²) in [6.07, 6.45) is 0.544. The molecule has 0 bridgehead atoms. The van der Waals surface area contributed by atoms with E-state index in [9.17, 15) is 4.79 Å². The topological polar surface area (TPSA) is 74.0 Å². The molecule has 0 saturated heterocycles. The molecule has 3 aromatic rings. The van der Waals surface area contributed by atoms with Crippen LogP contribution < -0.4 is 24.8 Å². The van der Waals surface area contributed by atoms with Crippen molar-refractivity contribution in [3.8, 4) is 17.2 Å². The molecule has 1 unspecified atom stereocenters. The van der Waals surface area contributed by atoms with Gasteiger partial charge in [-0.1, -0.05) is 47.5 Å². The number of amides is 1. The first-order valence-corrected chi connectivity index (χ1v) is 12.3. The van der Waals surface area contributed by atoms with Gasteiger partial charge in [-0.15, -0.1) is 0 Å². The third-order valence-corrected chi connectivity index (χ3v) is 6.34. The second kappa shape index (κ2) is 11.7. The van der Waals surface area contributed by atoms with Crippen molar-refractivity contribution in [1.29, 1.82) is 0 Å². The van der Waals surface area contributed by atoms with Gasteiger partial charge in [-0.2, -0.15) is 0 Å². The number of carbonyl (C=O) groups is 1. The quantitative estimate of drug-likeness (QED) is 0.392. The van der Waals surface area contributed by atoms with Gasteiger partial charge in [0, 0.05) is 6.54 Å². The van der Waals surface area contributed by atoms with Gasteiger partial charge in [0.1, 0.15) is 31.3 Å². The molecule has 0 radical (unpaired) electrons. The van der Waals surface area contributed by atoms with Crippen LogP contribution in [0.1, 0.15) is 11.1 Å². The lowest BCUT2D eigenvalue weighted by molar-refractivity contribution is -0.122. The van der Waals surface area contributed by atoms with Gasteiger partial charge < -0.3 is 24.8 Å². The Morgan fingerprint density at radius 2 is 1.74 bits per heavy atom. The zero-order valence-electron chi connectivity index (χ0n) is 19.5. The summed E-state index contributed by atoms with van der Waals surface area (Å²) in [7, 11) is 0. The largest absolute Gasteiger partial charge is 0.490 e. The molecule has 3 aromatic carbocycles. The number of para-hydroxylation sites is 2. The number of nitrogens with zero attached hydrogens (tertiary/aromatic N) is 1. The molecule has 0 saturated carbocycles. The molecule has 6 nitrogen and oxygen atoms in total. The van der Waals surface area contributed by atoms with Crippen LogP contribution >= 0.6 is 23.2 Å². The van der Waals surface area contributed by atoms with Crippen LogP contribution in [0.25, 0.3) is 0 Å². The standard InChI is InChI=1S/C27H28Cl2N2O4/c1-18-14-22(28)26(23(29)15-18)35-13-12-33-21-8-6-19(7-9-21)16-20(17-30)27(32)31-10-11-34-25-5-3-2-4-24(25)31/h2-9,14-15,20H,10-13,16-17,30H2,1H3. The molecule has 1 aliphatic rings. The van der Waals surface area contributed by atoms with E-state index in [0.29, 0.717) is 54.3 Å². The molecule has 0 fully saturated rings. The summed E-state index contributed by atoms with van der Waals surface area (Å²) in [4.78, 5) is 15.0. The van der Waals surface area contributed by atoms with Crippen molar-refractivity contribution in [2.75, 3.05) is 37.8 Å². The second-order valence-corrected chi connectivity index (χ2v) is 9.16. The SMILES string of the molecule is Cc1cc(Cl)c(OCCOc2ccc(CC(CN)C(=O)N3CCOc4ccccc43)cc2)c(Cl)c1. The highest BCUT2D eigenvalue weighted by atomic mass is 35.5. The molecule has 1 heterocycles. The summed E-state index contributed by atoms with van der Waals surface area (Å²) in [5.74, 6) is 1.56. The van der Waals surface area contributed by atoms with Crippen LogP contribution in [0.4, 0.5) is 5.69 Å². The molecule has 1 aliphatic heterocycles. The number of hydrogen-bond acceptors (Lipinski definition) is 5. The lowest BCUT2D eigenvalue weighted by Crippen LogP contribution is -2.44. The number of ether oxygens (including phenoxy) is 3. The third kappa shape index (κ3) is 6.20. The molecule has 0 aromatic heterocycles. The van der Waals surface area contributed by atoms with Crippen molar-refractivity contribution in [3.63, 3.8) is 0 Å². The third-order valence-electron chi connectivity index (χ3n) is 5.77. The van der Waals surface area contributed by atoms with Crippen LogP contribution in [0.15, 0.2) is 60.7 Å². The summed E-state index contributed by atoms with van der Waals surface area (Å²) in [5, 5.41) is 0.952. The van der Waals surface area contributed by atoms with Gasteiger partial charge in [-0.25, -0.2) is 0 Å². The minimum atomic E-state index is -0.328. The van der Waals surface area contributed by atoms with E-state index in [2.05, 4.69) is 0 Å². The number of fused-ring (bicyclic) bond motifs is 1. The number of nitrogens with two attached hydrogens (primary N) is 1. The van der Waals surface area contributed by atoms with Gasteiger partial charge in [0.2, 0.25) is 5.91 Å². The summed E-state index contributed by atoms with van der Waals surface area (Å²) >= 11 is 12.4. The monoisotopic (exact) mass is 514 g/mol. The normalized spacial score (nSPS) is 13.5. The van der Waals surface area contributed by atoms with Crippen molar-refractivity contribution in [2.24, 2.45) is 11.7 Å². The van der Waals surface area contributed by atoms with Gasteiger partial charge >= 0.3 is 0 Å². The van der Waals surface area contributed by atoms with Crippen LogP contribution in [0, 0.1) is 12.8 Å². The van der Waals surface area contributed by atoms with Gasteiger partial charge in [0.05, 0.1) is 28.2 Å². The van der Waals surface area contributed by atoms with Crippen LogP contribution in [0.2, 0.25) is 10.0 Å². The summed E-state index contributed by atoms with van der Waals surface area (Å²) < 4.78 is 17.1. The fourth-order valence-corrected chi connectivity index (χ4v) is 4.73. The van der Waals surface area contributed by atoms with E-state index in [1.54, 1.807) is 17.0 Å². The summed E-state index contributed by atoms with van der Waals surface area (Å²) in [6, 6.07) is 18.8. The van der Waals surface area contributed by atoms with Gasteiger partial charge in [0.25, 0.3) is 0 Å². The predicted octanol–water partition coefficient (Wildman–Crippen LogP) is 5.30. The zero-order chi connectivity index (χ0) is 24.8. The van der Waals surface area contributed by atoms with E-state index >= 15 is 0 Å². The lowest BCUT2D eigenvalue weighted by Gasteiger charge is -2.32. The van der Waals surface area contributed by atoms with Gasteiger partial charge in [-0.05, 0) is 60.9 Å². The van der Waals surface area contributed by atoms with E-state index in [1.165, 1.54) is 0 Å². The Balaban J connectivity index is 1.30. The first kappa shape index (κ1) is 25.2. The zero-order valence-corrected chi connectivity index (χ0v) is 21.0. The Morgan fingerprint density at radius 3 is 2.46 bits per heavy atom. The van der Waals surface area contributed by atoms with Gasteiger partial charge in [-0.3, -0.25) is 4.79 Å². The first-order chi connectivity index (χ1) is 17.0. The molecular formula is C27H28Cl2N2O4. The maximum Gasteiger partial charge on any atom is 0.231 e. The molecule has 1 amide bonds. The highest BCUT2D eigenvalue weighted by molar-refractivity contribution is 6.37. The Hall–Kier alpha value is -2.93. The highest BCUT2D eigenvalue weighted by Gasteiger charge is 2.28. The molecule has 0 aliphatic carbocycles. The molecule has 2 N–H and O–H groups in total. The number of benzene rings is 3. The number of halogens is 2. The number of rotatable bonds is 9.